The predicted molar refractivity (Wildman–Crippen MR) is 49.2 cm³/mol. The standard InChI is InChI=1S/C11H12O2/c12-11-10(6-7-13-11)8-9-4-2-1-3-5-9/h1-5,10H,6-8H2/t10-/m1/s1. The van der Waals surface area contributed by atoms with Crippen LogP contribution in [-0.2, 0) is 16.0 Å². The highest BCUT2D eigenvalue weighted by Gasteiger charge is 2.26. The predicted octanol–water partition coefficient (Wildman–Crippen LogP) is 1.79. The molecule has 1 atom stereocenters. The maximum atomic E-state index is 11.2. The van der Waals surface area contributed by atoms with Crippen LogP contribution >= 0.6 is 0 Å². The zero-order valence-corrected chi connectivity index (χ0v) is 7.40. The molecule has 1 fully saturated rings. The Morgan fingerprint density at radius 1 is 1.31 bits per heavy atom. The van der Waals surface area contributed by atoms with Crippen molar-refractivity contribution in [3.8, 4) is 0 Å². The molecule has 1 heterocycles. The highest BCUT2D eigenvalue weighted by molar-refractivity contribution is 5.74. The number of benzene rings is 1. The monoisotopic (exact) mass is 176 g/mol. The molecular weight excluding hydrogens is 164 g/mol. The molecule has 1 aliphatic heterocycles. The summed E-state index contributed by atoms with van der Waals surface area (Å²) in [6.07, 6.45) is 1.69. The van der Waals surface area contributed by atoms with E-state index >= 15 is 0 Å². The summed E-state index contributed by atoms with van der Waals surface area (Å²) in [6.45, 7) is 0.594. The molecule has 1 aliphatic rings. The van der Waals surface area contributed by atoms with Crippen molar-refractivity contribution in [1.29, 1.82) is 0 Å². The Morgan fingerprint density at radius 2 is 2.08 bits per heavy atom. The Hall–Kier alpha value is -1.31. The number of cyclic esters (lactones) is 1. The maximum Gasteiger partial charge on any atom is 0.309 e. The second kappa shape index (κ2) is 3.60. The van der Waals surface area contributed by atoms with Crippen molar-refractivity contribution in [2.45, 2.75) is 12.8 Å². The molecule has 68 valence electrons. The smallest absolute Gasteiger partial charge is 0.309 e. The summed E-state index contributed by atoms with van der Waals surface area (Å²) in [5, 5.41) is 0. The van der Waals surface area contributed by atoms with Gasteiger partial charge in [-0.2, -0.15) is 0 Å². The van der Waals surface area contributed by atoms with Gasteiger partial charge >= 0.3 is 5.97 Å². The zero-order chi connectivity index (χ0) is 9.10. The second-order valence-corrected chi connectivity index (χ2v) is 3.34. The molecule has 13 heavy (non-hydrogen) atoms. The fourth-order valence-corrected chi connectivity index (χ4v) is 1.62. The Balaban J connectivity index is 2.02. The molecule has 2 heteroatoms. The van der Waals surface area contributed by atoms with Crippen LogP contribution in [0.5, 0.6) is 0 Å². The van der Waals surface area contributed by atoms with E-state index in [2.05, 4.69) is 0 Å². The Kier molecular flexibility index (Phi) is 2.30. The van der Waals surface area contributed by atoms with Crippen molar-refractivity contribution in [3.63, 3.8) is 0 Å². The summed E-state index contributed by atoms with van der Waals surface area (Å²) in [4.78, 5) is 11.2. The fourth-order valence-electron chi connectivity index (χ4n) is 1.62. The number of carbonyl (C=O) groups excluding carboxylic acids is 1. The Labute approximate surface area is 77.5 Å². The minimum absolute atomic E-state index is 0.0381. The van der Waals surface area contributed by atoms with Gasteiger partial charge in [-0.05, 0) is 18.4 Å². The van der Waals surface area contributed by atoms with Gasteiger partial charge in [-0.15, -0.1) is 0 Å². The van der Waals surface area contributed by atoms with Crippen LogP contribution in [0.2, 0.25) is 0 Å². The zero-order valence-electron chi connectivity index (χ0n) is 7.40. The summed E-state index contributed by atoms with van der Waals surface area (Å²) >= 11 is 0. The molecule has 0 saturated carbocycles. The Morgan fingerprint density at radius 3 is 2.69 bits per heavy atom. The molecule has 1 saturated heterocycles. The van der Waals surface area contributed by atoms with E-state index in [1.165, 1.54) is 5.56 Å². The van der Waals surface area contributed by atoms with E-state index in [-0.39, 0.29) is 11.9 Å². The minimum Gasteiger partial charge on any atom is -0.465 e. The first-order valence-corrected chi connectivity index (χ1v) is 4.57. The summed E-state index contributed by atoms with van der Waals surface area (Å²) in [6, 6.07) is 10.1. The van der Waals surface area contributed by atoms with Gasteiger partial charge in [-0.1, -0.05) is 30.3 Å². The molecule has 0 unspecified atom stereocenters. The van der Waals surface area contributed by atoms with Gasteiger partial charge in [0.2, 0.25) is 0 Å². The third-order valence-corrected chi connectivity index (χ3v) is 2.37. The molecule has 2 nitrogen and oxygen atoms in total. The van der Waals surface area contributed by atoms with Crippen molar-refractivity contribution < 1.29 is 9.53 Å². The van der Waals surface area contributed by atoms with Gasteiger partial charge in [0.25, 0.3) is 0 Å². The molecule has 0 aliphatic carbocycles. The minimum atomic E-state index is -0.0381. The second-order valence-electron chi connectivity index (χ2n) is 3.34. The lowest BCUT2D eigenvalue weighted by molar-refractivity contribution is -0.141. The number of rotatable bonds is 2. The van der Waals surface area contributed by atoms with Crippen LogP contribution in [0.1, 0.15) is 12.0 Å². The van der Waals surface area contributed by atoms with Crippen molar-refractivity contribution >= 4 is 5.97 Å². The van der Waals surface area contributed by atoms with E-state index in [4.69, 9.17) is 4.74 Å². The maximum absolute atomic E-state index is 11.2. The highest BCUT2D eigenvalue weighted by atomic mass is 16.5. The molecule has 0 N–H and O–H groups in total. The van der Waals surface area contributed by atoms with Gasteiger partial charge in [0, 0.05) is 0 Å². The van der Waals surface area contributed by atoms with Gasteiger partial charge in [-0.25, -0.2) is 0 Å². The van der Waals surface area contributed by atoms with Crippen LogP contribution in [0.15, 0.2) is 30.3 Å². The molecule has 0 amide bonds. The first-order chi connectivity index (χ1) is 6.36. The SMILES string of the molecule is O=C1OCC[C@@H]1Cc1ccccc1. The van der Waals surface area contributed by atoms with E-state index in [0.29, 0.717) is 6.61 Å². The van der Waals surface area contributed by atoms with Crippen LogP contribution < -0.4 is 0 Å². The molecule has 0 spiro atoms. The van der Waals surface area contributed by atoms with Crippen molar-refractivity contribution in [2.24, 2.45) is 5.92 Å². The largest absolute Gasteiger partial charge is 0.465 e. The van der Waals surface area contributed by atoms with Crippen LogP contribution in [-0.4, -0.2) is 12.6 Å². The third-order valence-electron chi connectivity index (χ3n) is 2.37. The topological polar surface area (TPSA) is 26.3 Å². The van der Waals surface area contributed by atoms with Crippen molar-refractivity contribution in [3.05, 3.63) is 35.9 Å². The lowest BCUT2D eigenvalue weighted by Crippen LogP contribution is -2.10. The molecule has 0 bridgehead atoms. The lowest BCUT2D eigenvalue weighted by atomic mass is 9.98. The van der Waals surface area contributed by atoms with Gasteiger partial charge in [0.15, 0.2) is 0 Å². The Bertz CT molecular complexity index is 292. The highest BCUT2D eigenvalue weighted by Crippen LogP contribution is 2.19. The molecule has 1 aromatic carbocycles. The van der Waals surface area contributed by atoms with Crippen molar-refractivity contribution in [2.75, 3.05) is 6.61 Å². The van der Waals surface area contributed by atoms with E-state index in [1.807, 2.05) is 30.3 Å². The molecule has 0 radical (unpaired) electrons. The van der Waals surface area contributed by atoms with E-state index < -0.39 is 0 Å². The van der Waals surface area contributed by atoms with Gasteiger partial charge in [0.1, 0.15) is 0 Å². The number of ether oxygens (including phenoxy) is 1. The number of hydrogen-bond acceptors (Lipinski definition) is 2. The third kappa shape index (κ3) is 1.89. The molecule has 2 rings (SSSR count). The summed E-state index contributed by atoms with van der Waals surface area (Å²) in [5.74, 6) is 0.0475. The fraction of sp³-hybridized carbons (Fsp3) is 0.364. The summed E-state index contributed by atoms with van der Waals surface area (Å²) in [5.41, 5.74) is 1.21. The van der Waals surface area contributed by atoms with Crippen molar-refractivity contribution in [1.82, 2.24) is 0 Å². The first-order valence-electron chi connectivity index (χ1n) is 4.57. The van der Waals surface area contributed by atoms with Crippen LogP contribution in [0, 0.1) is 5.92 Å². The first kappa shape index (κ1) is 8.30. The van der Waals surface area contributed by atoms with Crippen LogP contribution in [0.25, 0.3) is 0 Å². The average Bonchev–Trinajstić information content (AvgIpc) is 2.54. The summed E-state index contributed by atoms with van der Waals surface area (Å²) < 4.78 is 4.90. The van der Waals surface area contributed by atoms with Gasteiger partial charge in [0.05, 0.1) is 12.5 Å². The van der Waals surface area contributed by atoms with E-state index in [1.54, 1.807) is 0 Å². The molecule has 0 aromatic heterocycles. The lowest BCUT2D eigenvalue weighted by Gasteiger charge is -2.04. The van der Waals surface area contributed by atoms with E-state index in [9.17, 15) is 4.79 Å². The number of hydrogen-bond donors (Lipinski definition) is 0. The van der Waals surface area contributed by atoms with E-state index in [0.717, 1.165) is 12.8 Å². The van der Waals surface area contributed by atoms with Gasteiger partial charge < -0.3 is 4.74 Å². The van der Waals surface area contributed by atoms with Crippen LogP contribution in [0.3, 0.4) is 0 Å². The summed E-state index contributed by atoms with van der Waals surface area (Å²) in [7, 11) is 0. The quantitative estimate of drug-likeness (QED) is 0.642. The van der Waals surface area contributed by atoms with Gasteiger partial charge in [-0.3, -0.25) is 4.79 Å². The molecular formula is C11H12O2. The average molecular weight is 176 g/mol. The number of esters is 1. The number of carbonyl (C=O) groups is 1. The normalized spacial score (nSPS) is 21.5. The van der Waals surface area contributed by atoms with Crippen LogP contribution in [0.4, 0.5) is 0 Å². The molecule has 1 aromatic rings.